The number of carbonyl (C=O) groups is 1. The Kier molecular flexibility index (Phi) is 5.99. The number of aromatic nitrogens is 4. The highest BCUT2D eigenvalue weighted by Crippen LogP contribution is 2.61. The molecule has 4 aliphatic rings. The van der Waals surface area contributed by atoms with Crippen LogP contribution in [0.4, 0.5) is 5.82 Å². The van der Waals surface area contributed by atoms with Gasteiger partial charge in [-0.25, -0.2) is 4.98 Å². The fourth-order valence-electron chi connectivity index (χ4n) is 8.37. The first-order valence-corrected chi connectivity index (χ1v) is 14.3. The van der Waals surface area contributed by atoms with Crippen molar-refractivity contribution >= 4 is 34.5 Å². The Morgan fingerprint density at radius 2 is 1.92 bits per heavy atom. The Bertz CT molecular complexity index is 1170. The average Bonchev–Trinajstić information content (AvgIpc) is 3.28. The maximum Gasteiger partial charge on any atom is 0.226 e. The van der Waals surface area contributed by atoms with Crippen LogP contribution in [0.15, 0.2) is 6.33 Å². The van der Waals surface area contributed by atoms with Crippen LogP contribution in [0.5, 0.6) is 0 Å². The zero-order chi connectivity index (χ0) is 25.2. The Labute approximate surface area is 218 Å². The molecule has 1 amide bonds. The molecule has 36 heavy (non-hydrogen) atoms. The van der Waals surface area contributed by atoms with Crippen LogP contribution in [0.2, 0.25) is 5.28 Å². The predicted molar refractivity (Wildman–Crippen MR) is 140 cm³/mol. The highest BCUT2D eigenvalue weighted by Gasteiger charge is 2.59. The molecule has 7 atom stereocenters. The van der Waals surface area contributed by atoms with Crippen molar-refractivity contribution in [3.05, 3.63) is 11.6 Å². The number of imidazole rings is 1. The van der Waals surface area contributed by atoms with Crippen LogP contribution in [-0.2, 0) is 9.53 Å². The highest BCUT2D eigenvalue weighted by molar-refractivity contribution is 6.28. The topological polar surface area (TPSA) is 85.2 Å². The average molecular weight is 515 g/mol. The van der Waals surface area contributed by atoms with E-state index in [1.807, 2.05) is 6.33 Å². The van der Waals surface area contributed by atoms with Crippen LogP contribution >= 0.6 is 11.6 Å². The first-order valence-electron chi connectivity index (χ1n) is 13.9. The Hall–Kier alpha value is -1.93. The number of carbonyl (C=O) groups excluding carboxylic acids is 1. The van der Waals surface area contributed by atoms with Crippen molar-refractivity contribution in [2.24, 2.45) is 23.2 Å². The molecule has 2 saturated heterocycles. The van der Waals surface area contributed by atoms with Crippen molar-refractivity contribution in [3.63, 3.8) is 0 Å². The molecule has 0 radical (unpaired) electrons. The third-order valence-electron chi connectivity index (χ3n) is 10.3. The number of halogens is 1. The molecule has 0 spiro atoms. The third kappa shape index (κ3) is 3.65. The van der Waals surface area contributed by atoms with E-state index in [9.17, 15) is 4.79 Å². The maximum atomic E-state index is 12.1. The molecule has 2 aliphatic carbocycles. The fourth-order valence-corrected chi connectivity index (χ4v) is 8.53. The Morgan fingerprint density at radius 3 is 2.69 bits per heavy atom. The summed E-state index contributed by atoms with van der Waals surface area (Å²) in [7, 11) is 0. The minimum atomic E-state index is -0.166. The number of amides is 1. The van der Waals surface area contributed by atoms with Crippen LogP contribution in [0, 0.1) is 23.2 Å². The van der Waals surface area contributed by atoms with E-state index >= 15 is 0 Å². The molecule has 0 aromatic carbocycles. The number of nitrogens with zero attached hydrogens (tertiary/aromatic N) is 5. The predicted octanol–water partition coefficient (Wildman–Crippen LogP) is 5.11. The van der Waals surface area contributed by atoms with Gasteiger partial charge < -0.3 is 15.0 Å². The quantitative estimate of drug-likeness (QED) is 0.570. The molecule has 4 fully saturated rings. The minimum absolute atomic E-state index is 0.107. The number of anilines is 1. The maximum absolute atomic E-state index is 12.1. The molecule has 1 N–H and O–H groups in total. The summed E-state index contributed by atoms with van der Waals surface area (Å²) >= 11 is 6.39. The van der Waals surface area contributed by atoms with Gasteiger partial charge in [-0.3, -0.25) is 9.36 Å². The monoisotopic (exact) mass is 514 g/mol. The van der Waals surface area contributed by atoms with E-state index in [4.69, 9.17) is 21.3 Å². The molecule has 0 bridgehead atoms. The van der Waals surface area contributed by atoms with Gasteiger partial charge in [-0.15, -0.1) is 0 Å². The molecular weight excluding hydrogens is 476 g/mol. The second-order valence-corrected chi connectivity index (χ2v) is 12.2. The number of hydrogen-bond acceptors (Lipinski definition) is 6. The SMILES string of the molecule is CCN(CC)c1nc(Cl)nc2c1ncn2[C@@H]1CC[C@H]2[C@@H]3CC[C@H]4NC(=O)CC[C@]4(C)[C@H]3CC[C@]2(C)O1. The number of nitrogens with one attached hydrogen (secondary N) is 1. The molecule has 2 aliphatic heterocycles. The van der Waals surface area contributed by atoms with E-state index < -0.39 is 0 Å². The lowest BCUT2D eigenvalue weighted by molar-refractivity contribution is -0.231. The van der Waals surface area contributed by atoms with Gasteiger partial charge in [0.25, 0.3) is 0 Å². The van der Waals surface area contributed by atoms with E-state index in [1.54, 1.807) is 0 Å². The minimum Gasteiger partial charge on any atom is -0.355 e. The van der Waals surface area contributed by atoms with Crippen molar-refractivity contribution in [3.8, 4) is 0 Å². The van der Waals surface area contributed by atoms with Crippen molar-refractivity contribution in [1.82, 2.24) is 24.8 Å². The van der Waals surface area contributed by atoms with Crippen LogP contribution < -0.4 is 10.2 Å². The van der Waals surface area contributed by atoms with Crippen LogP contribution in [0.3, 0.4) is 0 Å². The lowest BCUT2D eigenvalue weighted by atomic mass is 9.48. The number of ether oxygens (including phenoxy) is 1. The Morgan fingerprint density at radius 1 is 1.11 bits per heavy atom. The second kappa shape index (κ2) is 8.83. The summed E-state index contributed by atoms with van der Waals surface area (Å²) in [5.74, 6) is 2.89. The van der Waals surface area contributed by atoms with E-state index in [-0.39, 0.29) is 28.4 Å². The van der Waals surface area contributed by atoms with E-state index in [0.29, 0.717) is 30.2 Å². The van der Waals surface area contributed by atoms with Crippen molar-refractivity contribution in [2.75, 3.05) is 18.0 Å². The van der Waals surface area contributed by atoms with Gasteiger partial charge in [0.15, 0.2) is 17.0 Å². The van der Waals surface area contributed by atoms with Crippen LogP contribution in [0.25, 0.3) is 11.2 Å². The number of fused-ring (bicyclic) bond motifs is 6. The van der Waals surface area contributed by atoms with E-state index in [1.165, 1.54) is 6.42 Å². The third-order valence-corrected chi connectivity index (χ3v) is 10.5. The fraction of sp³-hybridized carbons (Fsp3) is 0.778. The van der Waals surface area contributed by atoms with Crippen molar-refractivity contribution in [1.29, 1.82) is 0 Å². The summed E-state index contributed by atoms with van der Waals surface area (Å²) in [5, 5.41) is 3.58. The molecule has 196 valence electrons. The normalized spacial score (nSPS) is 38.1. The zero-order valence-electron chi connectivity index (χ0n) is 22.0. The van der Waals surface area contributed by atoms with Gasteiger partial charge in [0.2, 0.25) is 11.2 Å². The van der Waals surface area contributed by atoms with Gasteiger partial charge >= 0.3 is 0 Å². The molecular formula is C27H39ClN6O2. The van der Waals surface area contributed by atoms with Gasteiger partial charge in [0, 0.05) is 25.6 Å². The zero-order valence-corrected chi connectivity index (χ0v) is 22.7. The first-order chi connectivity index (χ1) is 17.3. The number of piperidine rings is 1. The van der Waals surface area contributed by atoms with Crippen molar-refractivity contribution < 1.29 is 9.53 Å². The summed E-state index contributed by atoms with van der Waals surface area (Å²) < 4.78 is 9.08. The Balaban J connectivity index is 1.27. The number of hydrogen-bond donors (Lipinski definition) is 1. The molecule has 8 nitrogen and oxygen atoms in total. The molecule has 4 heterocycles. The first kappa shape index (κ1) is 24.4. The smallest absolute Gasteiger partial charge is 0.226 e. The van der Waals surface area contributed by atoms with Crippen LogP contribution in [0.1, 0.15) is 85.3 Å². The second-order valence-electron chi connectivity index (χ2n) is 11.9. The van der Waals surface area contributed by atoms with E-state index in [2.05, 4.69) is 52.4 Å². The van der Waals surface area contributed by atoms with Crippen molar-refractivity contribution in [2.45, 2.75) is 96.9 Å². The van der Waals surface area contributed by atoms with Gasteiger partial charge in [-0.1, -0.05) is 6.92 Å². The molecule has 2 aromatic rings. The largest absolute Gasteiger partial charge is 0.355 e. The van der Waals surface area contributed by atoms with Gasteiger partial charge in [-0.05, 0) is 100 Å². The van der Waals surface area contributed by atoms with Gasteiger partial charge in [0.1, 0.15) is 6.23 Å². The molecule has 6 rings (SSSR count). The molecule has 2 aromatic heterocycles. The summed E-state index contributed by atoms with van der Waals surface area (Å²) in [5.41, 5.74) is 1.58. The number of rotatable bonds is 4. The van der Waals surface area contributed by atoms with E-state index in [0.717, 1.165) is 68.6 Å². The van der Waals surface area contributed by atoms with Gasteiger partial charge in [0.05, 0.1) is 11.9 Å². The lowest BCUT2D eigenvalue weighted by Crippen LogP contribution is -2.63. The van der Waals surface area contributed by atoms with Crippen LogP contribution in [-0.4, -0.2) is 50.2 Å². The lowest BCUT2D eigenvalue weighted by Gasteiger charge is -2.62. The standard InChI is InChI=1S/C27H39ClN6O2/c1-5-33(6-2)23-22-24(32-25(28)31-23)34(15-29-22)21-10-8-18-16-7-9-19-26(3,13-12-20(35)30-19)17(16)11-14-27(18,4)36-21/h15-19,21H,5-14H2,1-4H3,(H,30,35)/t16-,17+,18+,19-,21+,26-,27+/m1/s1. The highest BCUT2D eigenvalue weighted by atomic mass is 35.5. The molecule has 9 heteroatoms. The summed E-state index contributed by atoms with van der Waals surface area (Å²) in [4.78, 5) is 28.1. The molecule has 2 saturated carbocycles. The molecule has 0 unspecified atom stereocenters. The summed E-state index contributed by atoms with van der Waals surface area (Å²) in [6.07, 6.45) is 10.0. The summed E-state index contributed by atoms with van der Waals surface area (Å²) in [6, 6.07) is 0.336. The summed E-state index contributed by atoms with van der Waals surface area (Å²) in [6.45, 7) is 10.7. The van der Waals surface area contributed by atoms with Gasteiger partial charge in [-0.2, -0.15) is 9.97 Å².